The van der Waals surface area contributed by atoms with E-state index in [0.29, 0.717) is 5.17 Å². The van der Waals surface area contributed by atoms with Crippen LogP contribution in [-0.2, 0) is 5.75 Å². The molecule has 0 aliphatic heterocycles. The van der Waals surface area contributed by atoms with E-state index in [1.54, 1.807) is 6.21 Å². The van der Waals surface area contributed by atoms with Crippen molar-refractivity contribution in [2.75, 3.05) is 0 Å². The Hall–Kier alpha value is -2.85. The minimum atomic E-state index is 0.456. The molecule has 130 valence electrons. The Labute approximate surface area is 158 Å². The van der Waals surface area contributed by atoms with Crippen LogP contribution in [0, 0.1) is 6.92 Å². The molecule has 0 bridgehead atoms. The summed E-state index contributed by atoms with van der Waals surface area (Å²) in [4.78, 5) is 0. The molecule has 0 unspecified atom stereocenters. The lowest BCUT2D eigenvalue weighted by molar-refractivity contribution is 1.25. The summed E-state index contributed by atoms with van der Waals surface area (Å²) in [5.41, 5.74) is 11.7. The Kier molecular flexibility index (Phi) is 6.23. The lowest BCUT2D eigenvalue weighted by atomic mass is 9.99. The van der Waals surface area contributed by atoms with E-state index in [0.717, 1.165) is 22.4 Å². The van der Waals surface area contributed by atoms with Gasteiger partial charge in [0.2, 0.25) is 0 Å². The number of nitrogens with zero attached hydrogens (tertiary/aromatic N) is 2. The molecule has 0 amide bonds. The van der Waals surface area contributed by atoms with Crippen molar-refractivity contribution < 1.29 is 0 Å². The first-order valence-electron chi connectivity index (χ1n) is 8.41. The van der Waals surface area contributed by atoms with Crippen LogP contribution in [0.3, 0.4) is 0 Å². The van der Waals surface area contributed by atoms with Gasteiger partial charge in [0, 0.05) is 11.3 Å². The van der Waals surface area contributed by atoms with Crippen molar-refractivity contribution in [1.82, 2.24) is 0 Å². The average molecular weight is 359 g/mol. The molecule has 3 aromatic rings. The summed E-state index contributed by atoms with van der Waals surface area (Å²) in [5.74, 6) is 0.783. The number of nitrogens with two attached hydrogens (primary N) is 1. The number of aryl methyl sites for hydroxylation is 1. The van der Waals surface area contributed by atoms with E-state index in [1.807, 2.05) is 36.4 Å². The van der Waals surface area contributed by atoms with Crippen LogP contribution >= 0.6 is 11.8 Å². The van der Waals surface area contributed by atoms with Crippen LogP contribution in [0.4, 0.5) is 0 Å². The van der Waals surface area contributed by atoms with Crippen molar-refractivity contribution in [2.45, 2.75) is 12.7 Å². The van der Waals surface area contributed by atoms with Gasteiger partial charge in [0.05, 0.1) is 6.21 Å². The Bertz CT molecular complexity index is 900. The molecule has 0 fully saturated rings. The van der Waals surface area contributed by atoms with Crippen LogP contribution in [0.2, 0.25) is 0 Å². The van der Waals surface area contributed by atoms with Crippen molar-refractivity contribution in [3.05, 3.63) is 95.6 Å². The highest BCUT2D eigenvalue weighted by atomic mass is 32.2. The molecule has 0 aliphatic carbocycles. The van der Waals surface area contributed by atoms with Gasteiger partial charge in [0.1, 0.15) is 0 Å². The summed E-state index contributed by atoms with van der Waals surface area (Å²) < 4.78 is 0. The van der Waals surface area contributed by atoms with E-state index in [1.165, 1.54) is 22.9 Å². The molecule has 0 saturated carbocycles. The summed E-state index contributed by atoms with van der Waals surface area (Å²) >= 11 is 1.48. The first-order chi connectivity index (χ1) is 12.7. The van der Waals surface area contributed by atoms with Gasteiger partial charge >= 0.3 is 0 Å². The SMILES string of the molecule is Cc1ccc(-c2ccccc2C=NN=C(N)SCc2ccccc2)cc1. The monoisotopic (exact) mass is 359 g/mol. The van der Waals surface area contributed by atoms with E-state index in [2.05, 4.69) is 59.6 Å². The molecule has 2 N–H and O–H groups in total. The molecule has 0 atom stereocenters. The minimum Gasteiger partial charge on any atom is -0.377 e. The Morgan fingerprint density at radius 3 is 2.38 bits per heavy atom. The third kappa shape index (κ3) is 5.07. The van der Waals surface area contributed by atoms with Crippen LogP contribution in [0.5, 0.6) is 0 Å². The molecule has 0 aromatic heterocycles. The maximum atomic E-state index is 5.95. The summed E-state index contributed by atoms with van der Waals surface area (Å²) in [6.45, 7) is 2.09. The van der Waals surface area contributed by atoms with Gasteiger partial charge in [-0.15, -0.1) is 5.10 Å². The minimum absolute atomic E-state index is 0.456. The molecule has 0 spiro atoms. The maximum absolute atomic E-state index is 5.95. The lowest BCUT2D eigenvalue weighted by Gasteiger charge is -2.06. The summed E-state index contributed by atoms with van der Waals surface area (Å²) in [7, 11) is 0. The highest BCUT2D eigenvalue weighted by Crippen LogP contribution is 2.23. The first kappa shape index (κ1) is 18.0. The van der Waals surface area contributed by atoms with Gasteiger partial charge in [0.25, 0.3) is 0 Å². The Balaban J connectivity index is 1.69. The predicted octanol–water partition coefficient (Wildman–Crippen LogP) is 5.24. The smallest absolute Gasteiger partial charge is 0.180 e. The van der Waals surface area contributed by atoms with Gasteiger partial charge in [-0.2, -0.15) is 5.10 Å². The molecule has 0 radical (unpaired) electrons. The van der Waals surface area contributed by atoms with E-state index in [9.17, 15) is 0 Å². The fourth-order valence-corrected chi connectivity index (χ4v) is 3.13. The maximum Gasteiger partial charge on any atom is 0.180 e. The largest absolute Gasteiger partial charge is 0.377 e. The van der Waals surface area contributed by atoms with Crippen molar-refractivity contribution in [1.29, 1.82) is 0 Å². The zero-order valence-corrected chi connectivity index (χ0v) is 15.5. The standard InChI is InChI=1S/C22H21N3S/c1-17-11-13-19(14-12-17)21-10-6-5-9-20(21)15-24-25-22(23)26-16-18-7-3-2-4-8-18/h2-15H,16H2,1H3,(H2,23,25). The molecule has 3 aromatic carbocycles. The molecule has 26 heavy (non-hydrogen) atoms. The van der Waals surface area contributed by atoms with E-state index >= 15 is 0 Å². The quantitative estimate of drug-likeness (QED) is 0.384. The third-order valence-electron chi connectivity index (χ3n) is 3.91. The lowest BCUT2D eigenvalue weighted by Crippen LogP contribution is -2.06. The second-order valence-corrected chi connectivity index (χ2v) is 6.91. The van der Waals surface area contributed by atoms with Gasteiger partial charge in [-0.3, -0.25) is 0 Å². The van der Waals surface area contributed by atoms with E-state index in [4.69, 9.17) is 5.73 Å². The van der Waals surface area contributed by atoms with Crippen LogP contribution in [0.1, 0.15) is 16.7 Å². The molecule has 0 saturated heterocycles. The zero-order valence-electron chi connectivity index (χ0n) is 14.7. The molecule has 0 heterocycles. The average Bonchev–Trinajstić information content (AvgIpc) is 2.68. The molecule has 4 heteroatoms. The normalized spacial score (nSPS) is 11.8. The van der Waals surface area contributed by atoms with Gasteiger partial charge in [-0.25, -0.2) is 0 Å². The number of amidine groups is 1. The van der Waals surface area contributed by atoms with E-state index < -0.39 is 0 Å². The topological polar surface area (TPSA) is 50.7 Å². The molecular weight excluding hydrogens is 338 g/mol. The predicted molar refractivity (Wildman–Crippen MR) is 114 cm³/mol. The van der Waals surface area contributed by atoms with Crippen LogP contribution in [-0.4, -0.2) is 11.4 Å². The molecule has 0 aliphatic rings. The second kappa shape index (κ2) is 9.02. The van der Waals surface area contributed by atoms with Gasteiger partial charge < -0.3 is 5.73 Å². The Morgan fingerprint density at radius 2 is 1.62 bits per heavy atom. The van der Waals surface area contributed by atoms with Gasteiger partial charge in [-0.1, -0.05) is 96.2 Å². The van der Waals surface area contributed by atoms with Crippen LogP contribution < -0.4 is 5.73 Å². The van der Waals surface area contributed by atoms with Gasteiger partial charge in [-0.05, 0) is 23.6 Å². The van der Waals surface area contributed by atoms with Crippen LogP contribution in [0.25, 0.3) is 11.1 Å². The highest BCUT2D eigenvalue weighted by molar-refractivity contribution is 8.13. The summed E-state index contributed by atoms with van der Waals surface area (Å²) in [6.07, 6.45) is 1.76. The fraction of sp³-hybridized carbons (Fsp3) is 0.0909. The molecule has 3 nitrogen and oxygen atoms in total. The zero-order chi connectivity index (χ0) is 18.2. The number of hydrogen-bond donors (Lipinski definition) is 1. The van der Waals surface area contributed by atoms with Crippen LogP contribution in [0.15, 0.2) is 89.1 Å². The summed E-state index contributed by atoms with van der Waals surface area (Å²) in [6, 6.07) is 26.8. The first-order valence-corrected chi connectivity index (χ1v) is 9.40. The Morgan fingerprint density at radius 1 is 0.923 bits per heavy atom. The number of rotatable bonds is 5. The summed E-state index contributed by atoms with van der Waals surface area (Å²) in [5, 5.41) is 8.74. The molecule has 3 rings (SSSR count). The third-order valence-corrected chi connectivity index (χ3v) is 4.76. The highest BCUT2D eigenvalue weighted by Gasteiger charge is 2.02. The van der Waals surface area contributed by atoms with Crippen molar-refractivity contribution in [2.24, 2.45) is 15.9 Å². The van der Waals surface area contributed by atoms with Crippen molar-refractivity contribution >= 4 is 23.1 Å². The molecular formula is C22H21N3S. The van der Waals surface area contributed by atoms with Crippen molar-refractivity contribution in [3.63, 3.8) is 0 Å². The fourth-order valence-electron chi connectivity index (χ4n) is 2.51. The number of hydrogen-bond acceptors (Lipinski definition) is 3. The number of benzene rings is 3. The number of thioether (sulfide) groups is 1. The van der Waals surface area contributed by atoms with Crippen molar-refractivity contribution in [3.8, 4) is 11.1 Å². The van der Waals surface area contributed by atoms with Gasteiger partial charge in [0.15, 0.2) is 5.17 Å². The second-order valence-electron chi connectivity index (χ2n) is 5.91. The van der Waals surface area contributed by atoms with E-state index in [-0.39, 0.29) is 0 Å².